The molecule has 0 heterocycles. The minimum Gasteiger partial charge on any atom is -0.393 e. The van der Waals surface area contributed by atoms with Crippen molar-refractivity contribution in [3.63, 3.8) is 0 Å². The van der Waals surface area contributed by atoms with E-state index in [2.05, 4.69) is 19.1 Å². The lowest BCUT2D eigenvalue weighted by Gasteiger charge is -2.17. The first-order valence-corrected chi connectivity index (χ1v) is 7.00. The first-order chi connectivity index (χ1) is 9.15. The van der Waals surface area contributed by atoms with Crippen molar-refractivity contribution in [3.8, 4) is 0 Å². The molecule has 1 N–H and O–H groups in total. The van der Waals surface area contributed by atoms with Crippen LogP contribution in [0, 0.1) is 0 Å². The predicted molar refractivity (Wildman–Crippen MR) is 80.6 cm³/mol. The molecule has 0 aromatic heterocycles. The van der Waals surface area contributed by atoms with Gasteiger partial charge in [-0.05, 0) is 42.0 Å². The van der Waals surface area contributed by atoms with Gasteiger partial charge in [0.05, 0.1) is 6.10 Å². The third kappa shape index (κ3) is 4.38. The van der Waals surface area contributed by atoms with Crippen LogP contribution in [0.1, 0.15) is 30.4 Å². The fourth-order valence-corrected chi connectivity index (χ4v) is 2.43. The van der Waals surface area contributed by atoms with Crippen LogP contribution < -0.4 is 0 Å². The van der Waals surface area contributed by atoms with E-state index in [1.807, 2.05) is 42.5 Å². The average Bonchev–Trinajstić information content (AvgIpc) is 2.42. The molecule has 100 valence electrons. The van der Waals surface area contributed by atoms with Gasteiger partial charge in [0.1, 0.15) is 0 Å². The number of aliphatic hydroxyl groups excluding tert-OH is 1. The van der Waals surface area contributed by atoms with Gasteiger partial charge >= 0.3 is 0 Å². The van der Waals surface area contributed by atoms with Crippen LogP contribution >= 0.6 is 11.6 Å². The average molecular weight is 275 g/mol. The highest BCUT2D eigenvalue weighted by molar-refractivity contribution is 6.30. The highest BCUT2D eigenvalue weighted by atomic mass is 35.5. The highest BCUT2D eigenvalue weighted by Crippen LogP contribution is 2.22. The number of aliphatic hydroxyl groups is 1. The fourth-order valence-electron chi connectivity index (χ4n) is 2.30. The van der Waals surface area contributed by atoms with Crippen molar-refractivity contribution in [2.24, 2.45) is 0 Å². The van der Waals surface area contributed by atoms with Gasteiger partial charge < -0.3 is 5.11 Å². The zero-order valence-electron chi connectivity index (χ0n) is 11.1. The highest BCUT2D eigenvalue weighted by Gasteiger charge is 2.12. The van der Waals surface area contributed by atoms with Crippen LogP contribution in [-0.2, 0) is 6.42 Å². The Balaban J connectivity index is 1.90. The number of halogens is 1. The zero-order valence-corrected chi connectivity index (χ0v) is 11.8. The van der Waals surface area contributed by atoms with E-state index in [1.54, 1.807) is 0 Å². The van der Waals surface area contributed by atoms with Crippen molar-refractivity contribution in [2.45, 2.75) is 31.8 Å². The fraction of sp³-hybridized carbons (Fsp3) is 0.294. The molecule has 2 rings (SSSR count). The number of hydrogen-bond donors (Lipinski definition) is 1. The first-order valence-electron chi connectivity index (χ1n) is 6.62. The van der Waals surface area contributed by atoms with E-state index in [1.165, 1.54) is 5.56 Å². The summed E-state index contributed by atoms with van der Waals surface area (Å²) in [4.78, 5) is 0. The standard InChI is InChI=1S/C17H19ClO/c1-13(15-5-3-2-4-6-15)11-17(19)12-14-7-9-16(18)10-8-14/h2-10,13,17,19H,11-12H2,1H3. The summed E-state index contributed by atoms with van der Waals surface area (Å²) in [5.74, 6) is 0.364. The second kappa shape index (κ2) is 6.74. The van der Waals surface area contributed by atoms with Crippen LogP contribution in [-0.4, -0.2) is 11.2 Å². The summed E-state index contributed by atoms with van der Waals surface area (Å²) in [6.07, 6.45) is 1.12. The second-order valence-corrected chi connectivity index (χ2v) is 5.47. The van der Waals surface area contributed by atoms with Crippen LogP contribution in [0.4, 0.5) is 0 Å². The van der Waals surface area contributed by atoms with E-state index >= 15 is 0 Å². The minimum atomic E-state index is -0.323. The SMILES string of the molecule is CC(CC(O)Cc1ccc(Cl)cc1)c1ccccc1. The minimum absolute atomic E-state index is 0.323. The number of benzene rings is 2. The molecule has 0 fully saturated rings. The Labute approximate surface area is 119 Å². The van der Waals surface area contributed by atoms with Crippen molar-refractivity contribution in [1.29, 1.82) is 0 Å². The molecule has 0 bridgehead atoms. The number of rotatable bonds is 5. The van der Waals surface area contributed by atoms with Gasteiger partial charge in [-0.15, -0.1) is 0 Å². The zero-order chi connectivity index (χ0) is 13.7. The molecule has 0 saturated heterocycles. The summed E-state index contributed by atoms with van der Waals surface area (Å²) in [7, 11) is 0. The molecule has 2 aromatic carbocycles. The Morgan fingerprint density at radius 2 is 1.63 bits per heavy atom. The molecule has 2 heteroatoms. The lowest BCUT2D eigenvalue weighted by molar-refractivity contribution is 0.157. The molecular weight excluding hydrogens is 256 g/mol. The third-order valence-corrected chi connectivity index (χ3v) is 3.63. The van der Waals surface area contributed by atoms with Crippen molar-refractivity contribution < 1.29 is 5.11 Å². The molecule has 0 spiro atoms. The summed E-state index contributed by atoms with van der Waals surface area (Å²) in [5.41, 5.74) is 2.40. The van der Waals surface area contributed by atoms with Gasteiger partial charge in [-0.25, -0.2) is 0 Å². The summed E-state index contributed by atoms with van der Waals surface area (Å²) in [6, 6.07) is 18.0. The Morgan fingerprint density at radius 3 is 2.26 bits per heavy atom. The predicted octanol–water partition coefficient (Wildman–Crippen LogP) is 4.44. The van der Waals surface area contributed by atoms with Gasteiger partial charge in [0.2, 0.25) is 0 Å². The van der Waals surface area contributed by atoms with Crippen molar-refractivity contribution in [1.82, 2.24) is 0 Å². The monoisotopic (exact) mass is 274 g/mol. The lowest BCUT2D eigenvalue weighted by atomic mass is 9.92. The van der Waals surface area contributed by atoms with Crippen LogP contribution in [0.5, 0.6) is 0 Å². The van der Waals surface area contributed by atoms with E-state index in [0.717, 1.165) is 17.0 Å². The molecule has 1 nitrogen and oxygen atoms in total. The molecule has 0 aliphatic carbocycles. The quantitative estimate of drug-likeness (QED) is 0.855. The largest absolute Gasteiger partial charge is 0.393 e. The topological polar surface area (TPSA) is 20.2 Å². The summed E-state index contributed by atoms with van der Waals surface area (Å²) in [5, 5.41) is 10.9. The first kappa shape index (κ1) is 14.1. The van der Waals surface area contributed by atoms with E-state index in [4.69, 9.17) is 11.6 Å². The molecule has 2 unspecified atom stereocenters. The smallest absolute Gasteiger partial charge is 0.0586 e. The molecule has 0 aliphatic heterocycles. The van der Waals surface area contributed by atoms with E-state index in [0.29, 0.717) is 12.3 Å². The van der Waals surface area contributed by atoms with Crippen molar-refractivity contribution >= 4 is 11.6 Å². The Kier molecular flexibility index (Phi) is 5.00. The van der Waals surface area contributed by atoms with Gasteiger partial charge in [0.15, 0.2) is 0 Å². The molecule has 0 saturated carbocycles. The van der Waals surface area contributed by atoms with Crippen molar-refractivity contribution in [2.75, 3.05) is 0 Å². The molecule has 2 aromatic rings. The molecule has 19 heavy (non-hydrogen) atoms. The summed E-state index contributed by atoms with van der Waals surface area (Å²) < 4.78 is 0. The maximum absolute atomic E-state index is 10.2. The lowest BCUT2D eigenvalue weighted by Crippen LogP contribution is -2.13. The molecule has 0 amide bonds. The molecule has 0 radical (unpaired) electrons. The van der Waals surface area contributed by atoms with Gasteiger partial charge in [0.25, 0.3) is 0 Å². The second-order valence-electron chi connectivity index (χ2n) is 5.03. The van der Waals surface area contributed by atoms with Crippen LogP contribution in [0.2, 0.25) is 5.02 Å². The van der Waals surface area contributed by atoms with Crippen LogP contribution in [0.3, 0.4) is 0 Å². The van der Waals surface area contributed by atoms with E-state index < -0.39 is 0 Å². The molecular formula is C17H19ClO. The van der Waals surface area contributed by atoms with Gasteiger partial charge in [-0.3, -0.25) is 0 Å². The normalized spacial score (nSPS) is 14.1. The van der Waals surface area contributed by atoms with Crippen LogP contribution in [0.15, 0.2) is 54.6 Å². The summed E-state index contributed by atoms with van der Waals surface area (Å²) in [6.45, 7) is 2.15. The van der Waals surface area contributed by atoms with Gasteiger partial charge in [-0.1, -0.05) is 61.0 Å². The number of hydrogen-bond acceptors (Lipinski definition) is 1. The van der Waals surface area contributed by atoms with Crippen molar-refractivity contribution in [3.05, 3.63) is 70.7 Å². The van der Waals surface area contributed by atoms with Gasteiger partial charge in [-0.2, -0.15) is 0 Å². The third-order valence-electron chi connectivity index (χ3n) is 3.38. The maximum Gasteiger partial charge on any atom is 0.0586 e. The molecule has 0 aliphatic rings. The van der Waals surface area contributed by atoms with Crippen LogP contribution in [0.25, 0.3) is 0 Å². The van der Waals surface area contributed by atoms with E-state index in [-0.39, 0.29) is 6.10 Å². The summed E-state index contributed by atoms with van der Waals surface area (Å²) >= 11 is 5.85. The van der Waals surface area contributed by atoms with E-state index in [9.17, 15) is 5.11 Å². The maximum atomic E-state index is 10.2. The Bertz CT molecular complexity index is 492. The molecule has 2 atom stereocenters. The Hall–Kier alpha value is -1.31. The Morgan fingerprint density at radius 1 is 1.00 bits per heavy atom. The van der Waals surface area contributed by atoms with Gasteiger partial charge in [0, 0.05) is 5.02 Å².